The van der Waals surface area contributed by atoms with Crippen LogP contribution in [0.3, 0.4) is 0 Å². The number of nitrogens with zero attached hydrogens (tertiary/aromatic N) is 3. The van der Waals surface area contributed by atoms with Gasteiger partial charge in [-0.05, 0) is 60.8 Å². The Morgan fingerprint density at radius 3 is 2.38 bits per heavy atom. The van der Waals surface area contributed by atoms with Gasteiger partial charge in [0.05, 0.1) is 21.8 Å². The number of aromatic nitrogens is 1. The van der Waals surface area contributed by atoms with Gasteiger partial charge in [0, 0.05) is 38.8 Å². The molecule has 3 aromatic rings. The van der Waals surface area contributed by atoms with Crippen molar-refractivity contribution in [3.05, 3.63) is 92.5 Å². The van der Waals surface area contributed by atoms with Gasteiger partial charge in [-0.3, -0.25) is 20.3 Å². The van der Waals surface area contributed by atoms with E-state index in [4.69, 9.17) is 44.5 Å². The predicted octanol–water partition coefficient (Wildman–Crippen LogP) is 4.81. The highest BCUT2D eigenvalue weighted by molar-refractivity contribution is 6.40. The van der Waals surface area contributed by atoms with Gasteiger partial charge >= 0.3 is 0 Å². The van der Waals surface area contributed by atoms with E-state index in [-0.39, 0.29) is 23.5 Å². The average Bonchev–Trinajstić information content (AvgIpc) is 2.88. The number of fused-ring (bicyclic) bond motifs is 1. The van der Waals surface area contributed by atoms with Crippen molar-refractivity contribution in [1.82, 2.24) is 14.4 Å². The Morgan fingerprint density at radius 2 is 1.68 bits per heavy atom. The van der Waals surface area contributed by atoms with Gasteiger partial charge in [-0.1, -0.05) is 47.5 Å². The van der Waals surface area contributed by atoms with Crippen LogP contribution >= 0.6 is 23.2 Å². The molecule has 0 spiro atoms. The Kier molecular flexibility index (Phi) is 7.70. The van der Waals surface area contributed by atoms with Crippen LogP contribution in [-0.2, 0) is 6.54 Å². The molecule has 4 N–H and O–H groups in total. The number of hydrogen-bond donors (Lipinski definition) is 3. The van der Waals surface area contributed by atoms with Crippen molar-refractivity contribution in [3.8, 4) is 5.75 Å². The fourth-order valence-corrected chi connectivity index (χ4v) is 5.85. The van der Waals surface area contributed by atoms with Crippen LogP contribution in [0.1, 0.15) is 47.2 Å². The van der Waals surface area contributed by atoms with Crippen molar-refractivity contribution >= 4 is 29.0 Å². The molecule has 0 bridgehead atoms. The van der Waals surface area contributed by atoms with Crippen LogP contribution in [0.4, 0.5) is 0 Å². The Hall–Kier alpha value is -2.68. The van der Waals surface area contributed by atoms with Crippen LogP contribution in [0.5, 0.6) is 5.75 Å². The molecule has 1 saturated heterocycles. The maximum atomic E-state index is 8.88. The predicted molar refractivity (Wildman–Crippen MR) is 148 cm³/mol. The number of ether oxygens (including phenoxy) is 1. The summed E-state index contributed by atoms with van der Waals surface area (Å²) in [6.07, 6.45) is 3.15. The molecule has 2 aromatic carbocycles. The van der Waals surface area contributed by atoms with Crippen molar-refractivity contribution in [2.75, 3.05) is 33.2 Å². The number of piperazine rings is 1. The van der Waals surface area contributed by atoms with Gasteiger partial charge < -0.3 is 15.4 Å². The van der Waals surface area contributed by atoms with E-state index in [0.29, 0.717) is 21.4 Å². The Labute approximate surface area is 227 Å². The summed E-state index contributed by atoms with van der Waals surface area (Å²) in [7, 11) is 2.13. The van der Waals surface area contributed by atoms with Crippen LogP contribution in [0.2, 0.25) is 10.0 Å². The first kappa shape index (κ1) is 25.9. The highest BCUT2D eigenvalue weighted by Crippen LogP contribution is 2.37. The molecule has 2 unspecified atom stereocenters. The summed E-state index contributed by atoms with van der Waals surface area (Å²) in [4.78, 5) is 4.69. The smallest absolute Gasteiger partial charge is 0.141 e. The highest BCUT2D eigenvalue weighted by Gasteiger charge is 2.26. The molecule has 5 rings (SSSR count). The van der Waals surface area contributed by atoms with E-state index in [1.807, 2.05) is 24.3 Å². The molecule has 1 fully saturated rings. The van der Waals surface area contributed by atoms with E-state index in [0.717, 1.165) is 62.3 Å². The quantitative estimate of drug-likeness (QED) is 0.321. The normalized spacial score (nSPS) is 20.4. The summed E-state index contributed by atoms with van der Waals surface area (Å²) in [5.74, 6) is 0.595. The first-order chi connectivity index (χ1) is 17.8. The van der Waals surface area contributed by atoms with E-state index in [9.17, 15) is 0 Å². The van der Waals surface area contributed by atoms with Gasteiger partial charge in [0.1, 0.15) is 23.2 Å². The lowest BCUT2D eigenvalue weighted by molar-refractivity contribution is 0.148. The number of halogens is 2. The number of hydrogen-bond acceptors (Lipinski definition) is 6. The fourth-order valence-electron chi connectivity index (χ4n) is 5.13. The van der Waals surface area contributed by atoms with Gasteiger partial charge in [0.2, 0.25) is 0 Å². The third-order valence-corrected chi connectivity index (χ3v) is 7.86. The standard InChI is InChI=1S/C28H32Cl2N6O/c1-34-10-12-35(13-11-34)16-18-14-22(29)27(23(30)15-18)28(33)36-17-19(6-9-26(36)32)37-25-8-7-24(31)20-4-2-3-5-21(20)25/h2-6,9,14-15,17,24-25,32-33H,7-8,10-13,16,31H2,1H3. The number of nitrogens with one attached hydrogen (secondary N) is 2. The zero-order valence-electron chi connectivity index (χ0n) is 20.9. The van der Waals surface area contributed by atoms with Crippen LogP contribution < -0.4 is 16.0 Å². The molecule has 0 radical (unpaired) electrons. The second-order valence-corrected chi connectivity index (χ2v) is 10.7. The molecule has 37 heavy (non-hydrogen) atoms. The summed E-state index contributed by atoms with van der Waals surface area (Å²) < 4.78 is 7.80. The minimum absolute atomic E-state index is 0.00768. The highest BCUT2D eigenvalue weighted by atomic mass is 35.5. The molecule has 1 aliphatic carbocycles. The second kappa shape index (κ2) is 11.0. The van der Waals surface area contributed by atoms with Crippen molar-refractivity contribution in [2.45, 2.75) is 31.5 Å². The molecule has 0 saturated carbocycles. The van der Waals surface area contributed by atoms with E-state index in [1.54, 1.807) is 18.3 Å². The van der Waals surface area contributed by atoms with Crippen LogP contribution in [0.25, 0.3) is 0 Å². The second-order valence-electron chi connectivity index (χ2n) is 9.90. The molecule has 9 heteroatoms. The van der Waals surface area contributed by atoms with Crippen molar-refractivity contribution in [2.24, 2.45) is 5.73 Å². The summed E-state index contributed by atoms with van der Waals surface area (Å²) in [5.41, 5.74) is 10.0. The zero-order chi connectivity index (χ0) is 26.1. The molecule has 0 amide bonds. The molecule has 1 aromatic heterocycles. The summed E-state index contributed by atoms with van der Waals surface area (Å²) in [6.45, 7) is 4.81. The van der Waals surface area contributed by atoms with Gasteiger partial charge in [-0.25, -0.2) is 0 Å². The Balaban J connectivity index is 1.37. The lowest BCUT2D eigenvalue weighted by Gasteiger charge is -2.32. The lowest BCUT2D eigenvalue weighted by atomic mass is 9.86. The maximum Gasteiger partial charge on any atom is 0.141 e. The number of benzene rings is 2. The first-order valence-electron chi connectivity index (χ1n) is 12.6. The average molecular weight is 540 g/mol. The van der Waals surface area contributed by atoms with Crippen LogP contribution in [-0.4, -0.2) is 53.4 Å². The number of likely N-dealkylation sites (N-methyl/N-ethyl adjacent to an activating group) is 1. The molecular formula is C28H32Cl2N6O. The molecule has 7 nitrogen and oxygen atoms in total. The topological polar surface area (TPSA) is 94.4 Å². The molecule has 1 aliphatic heterocycles. The minimum atomic E-state index is -0.142. The number of rotatable bonds is 5. The Morgan fingerprint density at radius 1 is 1.00 bits per heavy atom. The summed E-state index contributed by atoms with van der Waals surface area (Å²) >= 11 is 13.3. The Bertz CT molecular complexity index is 1340. The molecule has 2 heterocycles. The summed E-state index contributed by atoms with van der Waals surface area (Å²) in [5, 5.41) is 18.1. The van der Waals surface area contributed by atoms with E-state index < -0.39 is 0 Å². The molecule has 2 atom stereocenters. The van der Waals surface area contributed by atoms with Gasteiger partial charge in [-0.15, -0.1) is 0 Å². The first-order valence-corrected chi connectivity index (χ1v) is 13.3. The number of pyridine rings is 1. The molecule has 2 aliphatic rings. The van der Waals surface area contributed by atoms with Gasteiger partial charge in [-0.2, -0.15) is 0 Å². The lowest BCUT2D eigenvalue weighted by Crippen LogP contribution is -2.43. The number of nitrogens with two attached hydrogens (primary N) is 1. The van der Waals surface area contributed by atoms with Crippen molar-refractivity contribution in [1.29, 1.82) is 10.8 Å². The fraction of sp³-hybridized carbons (Fsp3) is 0.357. The van der Waals surface area contributed by atoms with Crippen molar-refractivity contribution in [3.63, 3.8) is 0 Å². The third kappa shape index (κ3) is 5.61. The summed E-state index contributed by atoms with van der Waals surface area (Å²) in [6, 6.07) is 15.2. The van der Waals surface area contributed by atoms with Crippen LogP contribution in [0.15, 0.2) is 54.7 Å². The van der Waals surface area contributed by atoms with Gasteiger partial charge in [0.15, 0.2) is 0 Å². The van der Waals surface area contributed by atoms with E-state index in [2.05, 4.69) is 29.0 Å². The van der Waals surface area contributed by atoms with Crippen molar-refractivity contribution < 1.29 is 4.74 Å². The van der Waals surface area contributed by atoms with Gasteiger partial charge in [0.25, 0.3) is 0 Å². The van der Waals surface area contributed by atoms with E-state index in [1.165, 1.54) is 4.57 Å². The monoisotopic (exact) mass is 538 g/mol. The molecular weight excluding hydrogens is 507 g/mol. The minimum Gasteiger partial charge on any atom is -0.484 e. The van der Waals surface area contributed by atoms with E-state index >= 15 is 0 Å². The maximum absolute atomic E-state index is 8.88. The zero-order valence-corrected chi connectivity index (χ0v) is 22.4. The van der Waals surface area contributed by atoms with Crippen LogP contribution in [0, 0.1) is 10.8 Å². The third-order valence-electron chi connectivity index (χ3n) is 7.26. The largest absolute Gasteiger partial charge is 0.484 e. The molecule has 194 valence electrons. The SMILES string of the molecule is CN1CCN(Cc2cc(Cl)c(C(=N)n3cc(OC4CCC(N)c5ccccc54)ccc3=N)c(Cl)c2)CC1.